The highest BCUT2D eigenvalue weighted by Crippen LogP contribution is 2.26. The smallest absolute Gasteiger partial charge is 0.374 e. The molecule has 0 spiro atoms. The molecule has 3 N–H and O–H groups in total. The number of aromatic nitrogens is 1. The minimum atomic E-state index is -1.19. The molecule has 0 aliphatic heterocycles. The van der Waals surface area contributed by atoms with Gasteiger partial charge in [-0.25, -0.2) is 4.79 Å². The Balaban J connectivity index is 2.45. The van der Waals surface area contributed by atoms with Gasteiger partial charge < -0.3 is 20.2 Å². The van der Waals surface area contributed by atoms with Crippen LogP contribution in [0.2, 0.25) is 0 Å². The molecule has 18 heavy (non-hydrogen) atoms. The Morgan fingerprint density at radius 3 is 2.44 bits per heavy atom. The van der Waals surface area contributed by atoms with Crippen molar-refractivity contribution in [3.05, 3.63) is 30.0 Å². The lowest BCUT2D eigenvalue weighted by Gasteiger charge is -2.12. The minimum absolute atomic E-state index is 0.154. The van der Waals surface area contributed by atoms with Crippen molar-refractivity contribution >= 4 is 17.7 Å². The molecule has 0 unspecified atom stereocenters. The van der Waals surface area contributed by atoms with Gasteiger partial charge in [-0.05, 0) is 12.1 Å². The third-order valence-electron chi connectivity index (χ3n) is 2.50. The average molecular weight is 247 g/mol. The first-order chi connectivity index (χ1) is 8.49. The first-order valence-corrected chi connectivity index (χ1v) is 5.26. The predicted octanol–water partition coefficient (Wildman–Crippen LogP) is 1.69. The second-order valence-electron chi connectivity index (χ2n) is 3.98. The summed E-state index contributed by atoms with van der Waals surface area (Å²) in [5, 5.41) is 8.99. The highest BCUT2D eigenvalue weighted by molar-refractivity contribution is 5.92. The molecule has 2 rings (SSSR count). The van der Waals surface area contributed by atoms with Crippen molar-refractivity contribution in [2.24, 2.45) is 0 Å². The molecule has 2 aromatic rings. The first kappa shape index (κ1) is 12.0. The van der Waals surface area contributed by atoms with E-state index >= 15 is 0 Å². The molecule has 0 saturated heterocycles. The van der Waals surface area contributed by atoms with Crippen LogP contribution in [0.1, 0.15) is 10.6 Å². The fraction of sp³-hybridized carbons (Fsp3) is 0.167. The number of nitrogens with two attached hydrogens (primary N) is 1. The van der Waals surface area contributed by atoms with Crippen molar-refractivity contribution in [2.45, 2.75) is 0 Å². The number of carboxylic acid groups (broad SMARTS) is 1. The van der Waals surface area contributed by atoms with Gasteiger partial charge in [0.05, 0.1) is 0 Å². The van der Waals surface area contributed by atoms with Crippen LogP contribution in [-0.2, 0) is 0 Å². The van der Waals surface area contributed by atoms with Crippen LogP contribution in [0.5, 0.6) is 0 Å². The highest BCUT2D eigenvalue weighted by atomic mass is 16.4. The van der Waals surface area contributed by atoms with E-state index in [0.29, 0.717) is 5.56 Å². The molecular weight excluding hydrogens is 234 g/mol. The average Bonchev–Trinajstić information content (AvgIpc) is 2.71. The lowest BCUT2D eigenvalue weighted by molar-refractivity contribution is 0.0665. The summed E-state index contributed by atoms with van der Waals surface area (Å²) in [6.45, 7) is 0. The van der Waals surface area contributed by atoms with Crippen LogP contribution >= 0.6 is 0 Å². The quantitative estimate of drug-likeness (QED) is 0.857. The summed E-state index contributed by atoms with van der Waals surface area (Å²) in [6, 6.07) is 7.13. The second-order valence-corrected chi connectivity index (χ2v) is 3.98. The molecule has 6 nitrogen and oxygen atoms in total. The van der Waals surface area contributed by atoms with Gasteiger partial charge in [-0.3, -0.25) is 0 Å². The molecule has 0 fully saturated rings. The molecule has 94 valence electrons. The second kappa shape index (κ2) is 4.40. The van der Waals surface area contributed by atoms with Crippen molar-refractivity contribution in [2.75, 3.05) is 24.7 Å². The van der Waals surface area contributed by atoms with Gasteiger partial charge in [-0.1, -0.05) is 12.1 Å². The number of carbonyl (C=O) groups is 1. The summed E-state index contributed by atoms with van der Waals surface area (Å²) in [4.78, 5) is 16.8. The van der Waals surface area contributed by atoms with E-state index in [1.807, 2.05) is 31.1 Å². The number of nitrogens with zero attached hydrogens (tertiary/aromatic N) is 2. The number of oxazole rings is 1. The Morgan fingerprint density at radius 1 is 1.33 bits per heavy atom. The van der Waals surface area contributed by atoms with Gasteiger partial charge in [0.2, 0.25) is 5.76 Å². The van der Waals surface area contributed by atoms with Crippen LogP contribution in [0.4, 0.5) is 11.7 Å². The number of nitrogen functional groups attached to an aromatic ring is 1. The molecule has 6 heteroatoms. The maximum atomic E-state index is 11.0. The van der Waals surface area contributed by atoms with E-state index in [1.165, 1.54) is 0 Å². The van der Waals surface area contributed by atoms with Gasteiger partial charge in [0.1, 0.15) is 5.69 Å². The van der Waals surface area contributed by atoms with Gasteiger partial charge >= 0.3 is 5.97 Å². The number of rotatable bonds is 3. The van der Waals surface area contributed by atoms with Crippen molar-refractivity contribution < 1.29 is 14.3 Å². The van der Waals surface area contributed by atoms with Crippen LogP contribution in [-0.4, -0.2) is 30.2 Å². The molecule has 0 amide bonds. The zero-order valence-corrected chi connectivity index (χ0v) is 10.0. The monoisotopic (exact) mass is 247 g/mol. The molecule has 0 bridgehead atoms. The third kappa shape index (κ3) is 2.13. The minimum Gasteiger partial charge on any atom is -0.475 e. The summed E-state index contributed by atoms with van der Waals surface area (Å²) in [5.74, 6) is -1.43. The molecule has 0 aliphatic carbocycles. The van der Waals surface area contributed by atoms with Gasteiger partial charge in [0.15, 0.2) is 0 Å². The lowest BCUT2D eigenvalue weighted by Crippen LogP contribution is -2.08. The SMILES string of the molecule is CN(C)c1ccc(-c2nc(N)oc2C(=O)O)cc1. The molecule has 1 heterocycles. The summed E-state index contributed by atoms with van der Waals surface area (Å²) >= 11 is 0. The predicted molar refractivity (Wildman–Crippen MR) is 67.6 cm³/mol. The number of benzene rings is 1. The van der Waals surface area contributed by atoms with E-state index in [-0.39, 0.29) is 17.5 Å². The van der Waals surface area contributed by atoms with E-state index in [1.54, 1.807) is 12.1 Å². The van der Waals surface area contributed by atoms with Crippen LogP contribution < -0.4 is 10.6 Å². The van der Waals surface area contributed by atoms with Gasteiger partial charge in [0.25, 0.3) is 6.01 Å². The Bertz CT molecular complexity index is 573. The summed E-state index contributed by atoms with van der Waals surface area (Å²) in [7, 11) is 3.84. The van der Waals surface area contributed by atoms with E-state index < -0.39 is 5.97 Å². The molecule has 0 saturated carbocycles. The van der Waals surface area contributed by atoms with Crippen molar-refractivity contribution in [1.82, 2.24) is 4.98 Å². The first-order valence-electron chi connectivity index (χ1n) is 5.26. The molecule has 0 radical (unpaired) electrons. The van der Waals surface area contributed by atoms with Gasteiger partial charge in [0, 0.05) is 25.3 Å². The van der Waals surface area contributed by atoms with Crippen molar-refractivity contribution in [3.63, 3.8) is 0 Å². The number of aromatic carboxylic acids is 1. The number of anilines is 2. The van der Waals surface area contributed by atoms with E-state index in [9.17, 15) is 4.79 Å². The van der Waals surface area contributed by atoms with Crippen LogP contribution in [0.15, 0.2) is 28.7 Å². The normalized spacial score (nSPS) is 10.3. The third-order valence-corrected chi connectivity index (χ3v) is 2.50. The van der Waals surface area contributed by atoms with Crippen molar-refractivity contribution in [3.8, 4) is 11.3 Å². The molecule has 1 aromatic carbocycles. The highest BCUT2D eigenvalue weighted by Gasteiger charge is 2.19. The largest absolute Gasteiger partial charge is 0.475 e. The van der Waals surface area contributed by atoms with Crippen LogP contribution in [0, 0.1) is 0 Å². The number of hydrogen-bond acceptors (Lipinski definition) is 5. The maximum Gasteiger partial charge on any atom is 0.374 e. The molecule has 1 aromatic heterocycles. The number of hydrogen-bond donors (Lipinski definition) is 2. The maximum absolute atomic E-state index is 11.0. The van der Waals surface area contributed by atoms with Crippen LogP contribution in [0.3, 0.4) is 0 Å². The zero-order chi connectivity index (χ0) is 13.3. The summed E-state index contributed by atoms with van der Waals surface area (Å²) in [6.07, 6.45) is 0. The fourth-order valence-electron chi connectivity index (χ4n) is 1.59. The fourth-order valence-corrected chi connectivity index (χ4v) is 1.59. The number of carboxylic acids is 1. The summed E-state index contributed by atoms with van der Waals surface area (Å²) < 4.78 is 4.86. The van der Waals surface area contributed by atoms with E-state index in [4.69, 9.17) is 15.3 Å². The molecule has 0 atom stereocenters. The zero-order valence-electron chi connectivity index (χ0n) is 10.0. The van der Waals surface area contributed by atoms with Gasteiger partial charge in [-0.2, -0.15) is 4.98 Å². The summed E-state index contributed by atoms with van der Waals surface area (Å²) in [5.41, 5.74) is 7.28. The molecule has 0 aliphatic rings. The Morgan fingerprint density at radius 2 is 1.94 bits per heavy atom. The topological polar surface area (TPSA) is 92.6 Å². The lowest BCUT2D eigenvalue weighted by atomic mass is 10.1. The van der Waals surface area contributed by atoms with Crippen LogP contribution in [0.25, 0.3) is 11.3 Å². The Kier molecular flexibility index (Phi) is 2.93. The van der Waals surface area contributed by atoms with E-state index in [2.05, 4.69) is 4.98 Å². The Labute approximate surface area is 104 Å². The Hall–Kier alpha value is -2.50. The standard InChI is InChI=1S/C12H13N3O3/c1-15(2)8-5-3-7(4-6-8)9-10(11(16)17)18-12(13)14-9/h3-6H,1-2H3,(H2,13,14)(H,16,17). The van der Waals surface area contributed by atoms with Gasteiger partial charge in [-0.15, -0.1) is 0 Å². The van der Waals surface area contributed by atoms with E-state index in [0.717, 1.165) is 5.69 Å². The molecular formula is C12H13N3O3. The van der Waals surface area contributed by atoms with Crippen molar-refractivity contribution in [1.29, 1.82) is 0 Å².